The maximum Gasteiger partial charge on any atom is 0.290 e. The minimum Gasteiger partial charge on any atom is -0.459 e. The molecule has 3 heterocycles. The van der Waals surface area contributed by atoms with Gasteiger partial charge in [0.15, 0.2) is 5.76 Å². The van der Waals surface area contributed by atoms with Crippen LogP contribution in [-0.2, 0) is 9.59 Å². The van der Waals surface area contributed by atoms with E-state index in [2.05, 4.69) is 13.8 Å². The highest BCUT2D eigenvalue weighted by atomic mass is 16.3. The summed E-state index contributed by atoms with van der Waals surface area (Å²) in [4.78, 5) is 42.9. The van der Waals surface area contributed by atoms with Crippen molar-refractivity contribution in [1.82, 2.24) is 14.7 Å². The molecule has 130 valence electrons. The number of amides is 3. The quantitative estimate of drug-likeness (QED) is 0.821. The van der Waals surface area contributed by atoms with Gasteiger partial charge in [-0.25, -0.2) is 0 Å². The average molecular weight is 333 g/mol. The Morgan fingerprint density at radius 2 is 2.04 bits per heavy atom. The van der Waals surface area contributed by atoms with Crippen LogP contribution in [0.3, 0.4) is 0 Å². The molecule has 0 unspecified atom stereocenters. The van der Waals surface area contributed by atoms with Crippen LogP contribution in [0.1, 0.15) is 31.3 Å². The van der Waals surface area contributed by atoms with Crippen LogP contribution in [0.25, 0.3) is 0 Å². The number of carbonyl (C=O) groups is 3. The number of furan rings is 1. The van der Waals surface area contributed by atoms with Crippen molar-refractivity contribution in [2.24, 2.45) is 5.92 Å². The Balaban J connectivity index is 1.82. The van der Waals surface area contributed by atoms with E-state index in [1.54, 1.807) is 28.9 Å². The predicted molar refractivity (Wildman–Crippen MR) is 86.1 cm³/mol. The maximum absolute atomic E-state index is 12.8. The zero-order valence-corrected chi connectivity index (χ0v) is 14.3. The second-order valence-electron chi connectivity index (χ2n) is 6.84. The number of nitrogens with zero attached hydrogens (tertiary/aromatic N) is 3. The number of fused-ring (bicyclic) bond motifs is 1. The maximum atomic E-state index is 12.8. The third kappa shape index (κ3) is 2.79. The third-order valence-corrected chi connectivity index (χ3v) is 4.64. The monoisotopic (exact) mass is 333 g/mol. The normalized spacial score (nSPS) is 24.6. The summed E-state index contributed by atoms with van der Waals surface area (Å²) in [5.41, 5.74) is 0. The molecule has 2 aliphatic rings. The standard InChI is InChI=1S/C17H23N3O4/c1-11(2)9-18-6-7-19-13(16(18)22)10-20(12(3)15(19)21)17(23)14-5-4-8-24-14/h4-5,8,11-13H,6-7,9-10H2,1-3H3/t12-,13-/m0/s1. The Bertz CT molecular complexity index is 640. The second-order valence-corrected chi connectivity index (χ2v) is 6.84. The van der Waals surface area contributed by atoms with Gasteiger partial charge in [-0.2, -0.15) is 0 Å². The summed E-state index contributed by atoms with van der Waals surface area (Å²) in [5, 5.41) is 0. The molecule has 3 amide bonds. The molecule has 0 radical (unpaired) electrons. The molecule has 7 heteroatoms. The van der Waals surface area contributed by atoms with E-state index in [9.17, 15) is 14.4 Å². The lowest BCUT2D eigenvalue weighted by molar-refractivity contribution is -0.160. The molecule has 0 bridgehead atoms. The number of piperazine rings is 2. The fourth-order valence-corrected chi connectivity index (χ4v) is 3.42. The summed E-state index contributed by atoms with van der Waals surface area (Å²) in [7, 11) is 0. The van der Waals surface area contributed by atoms with Gasteiger partial charge >= 0.3 is 0 Å². The number of hydrogen-bond donors (Lipinski definition) is 0. The van der Waals surface area contributed by atoms with Gasteiger partial charge in [0, 0.05) is 19.6 Å². The lowest BCUT2D eigenvalue weighted by Crippen LogP contribution is -2.70. The van der Waals surface area contributed by atoms with E-state index in [0.29, 0.717) is 25.6 Å². The molecule has 7 nitrogen and oxygen atoms in total. The number of hydrogen-bond acceptors (Lipinski definition) is 4. The Morgan fingerprint density at radius 1 is 1.29 bits per heavy atom. The second kappa shape index (κ2) is 6.30. The molecule has 1 aromatic rings. The highest BCUT2D eigenvalue weighted by molar-refractivity contribution is 5.99. The lowest BCUT2D eigenvalue weighted by atomic mass is 10.0. The topological polar surface area (TPSA) is 74.1 Å². The van der Waals surface area contributed by atoms with Crippen LogP contribution in [0, 0.1) is 5.92 Å². The smallest absolute Gasteiger partial charge is 0.290 e. The van der Waals surface area contributed by atoms with Gasteiger partial charge in [0.25, 0.3) is 5.91 Å². The largest absolute Gasteiger partial charge is 0.459 e. The van der Waals surface area contributed by atoms with Crippen molar-refractivity contribution in [1.29, 1.82) is 0 Å². The Hall–Kier alpha value is -2.31. The van der Waals surface area contributed by atoms with Gasteiger partial charge in [0.05, 0.1) is 12.8 Å². The molecule has 1 aromatic heterocycles. The summed E-state index contributed by atoms with van der Waals surface area (Å²) in [6.07, 6.45) is 1.42. The van der Waals surface area contributed by atoms with Gasteiger partial charge in [-0.3, -0.25) is 14.4 Å². The Morgan fingerprint density at radius 3 is 2.67 bits per heavy atom. The van der Waals surface area contributed by atoms with Gasteiger partial charge in [0.1, 0.15) is 12.1 Å². The molecule has 3 rings (SSSR count). The van der Waals surface area contributed by atoms with Gasteiger partial charge in [-0.15, -0.1) is 0 Å². The van der Waals surface area contributed by atoms with Crippen molar-refractivity contribution in [2.45, 2.75) is 32.9 Å². The van der Waals surface area contributed by atoms with Crippen molar-refractivity contribution >= 4 is 17.7 Å². The number of carbonyl (C=O) groups excluding carboxylic acids is 3. The first kappa shape index (κ1) is 16.5. The SMILES string of the molecule is CC(C)CN1CCN2C(=O)[C@H](C)N(C(=O)c3ccco3)C[C@H]2C1=O. The zero-order chi connectivity index (χ0) is 17.4. The van der Waals surface area contributed by atoms with E-state index in [0.717, 1.165) is 0 Å². The molecule has 0 saturated carbocycles. The molecule has 0 N–H and O–H groups in total. The Kier molecular flexibility index (Phi) is 4.34. The highest BCUT2D eigenvalue weighted by Gasteiger charge is 2.47. The predicted octanol–water partition coefficient (Wildman–Crippen LogP) is 0.819. The molecular weight excluding hydrogens is 310 g/mol. The molecule has 0 aromatic carbocycles. The summed E-state index contributed by atoms with van der Waals surface area (Å²) >= 11 is 0. The van der Waals surface area contributed by atoms with Gasteiger partial charge in [0.2, 0.25) is 11.8 Å². The van der Waals surface area contributed by atoms with Crippen molar-refractivity contribution in [2.75, 3.05) is 26.2 Å². The van der Waals surface area contributed by atoms with E-state index in [1.165, 1.54) is 11.2 Å². The van der Waals surface area contributed by atoms with Crippen molar-refractivity contribution < 1.29 is 18.8 Å². The van der Waals surface area contributed by atoms with Crippen LogP contribution >= 0.6 is 0 Å². The fraction of sp³-hybridized carbons (Fsp3) is 0.588. The first-order chi connectivity index (χ1) is 11.4. The first-order valence-electron chi connectivity index (χ1n) is 8.34. The molecule has 2 saturated heterocycles. The van der Waals surface area contributed by atoms with E-state index in [1.807, 2.05) is 0 Å². The van der Waals surface area contributed by atoms with Crippen molar-refractivity contribution in [3.8, 4) is 0 Å². The molecule has 2 fully saturated rings. The zero-order valence-electron chi connectivity index (χ0n) is 14.3. The number of rotatable bonds is 3. The Labute approximate surface area is 141 Å². The van der Waals surface area contributed by atoms with E-state index < -0.39 is 12.1 Å². The van der Waals surface area contributed by atoms with Crippen LogP contribution in [0.4, 0.5) is 0 Å². The minimum absolute atomic E-state index is 0.0764. The minimum atomic E-state index is -0.597. The molecule has 2 atom stereocenters. The lowest BCUT2D eigenvalue weighted by Gasteiger charge is -2.48. The molecular formula is C17H23N3O4. The van der Waals surface area contributed by atoms with Gasteiger partial charge in [-0.1, -0.05) is 13.8 Å². The van der Waals surface area contributed by atoms with Gasteiger partial charge in [-0.05, 0) is 25.0 Å². The van der Waals surface area contributed by atoms with E-state index >= 15 is 0 Å². The van der Waals surface area contributed by atoms with Crippen LogP contribution in [0.2, 0.25) is 0 Å². The fourth-order valence-electron chi connectivity index (χ4n) is 3.42. The molecule has 2 aliphatic heterocycles. The first-order valence-corrected chi connectivity index (χ1v) is 8.34. The molecule has 0 spiro atoms. The third-order valence-electron chi connectivity index (χ3n) is 4.64. The summed E-state index contributed by atoms with van der Waals surface area (Å²) < 4.78 is 5.16. The van der Waals surface area contributed by atoms with Crippen LogP contribution in [0.15, 0.2) is 22.8 Å². The molecule has 0 aliphatic carbocycles. The van der Waals surface area contributed by atoms with E-state index in [-0.39, 0.29) is 30.0 Å². The van der Waals surface area contributed by atoms with E-state index in [4.69, 9.17) is 4.42 Å². The van der Waals surface area contributed by atoms with Crippen LogP contribution < -0.4 is 0 Å². The highest BCUT2D eigenvalue weighted by Crippen LogP contribution is 2.24. The van der Waals surface area contributed by atoms with Crippen molar-refractivity contribution in [3.63, 3.8) is 0 Å². The van der Waals surface area contributed by atoms with Crippen LogP contribution in [0.5, 0.6) is 0 Å². The molecule has 24 heavy (non-hydrogen) atoms. The average Bonchev–Trinajstić information content (AvgIpc) is 3.07. The summed E-state index contributed by atoms with van der Waals surface area (Å²) in [6.45, 7) is 7.76. The van der Waals surface area contributed by atoms with Gasteiger partial charge < -0.3 is 19.1 Å². The van der Waals surface area contributed by atoms with Crippen molar-refractivity contribution in [3.05, 3.63) is 24.2 Å². The summed E-state index contributed by atoms with van der Waals surface area (Å²) in [5.74, 6) is -0.0598. The van der Waals surface area contributed by atoms with Crippen LogP contribution in [-0.4, -0.2) is 70.7 Å². The summed E-state index contributed by atoms with van der Waals surface area (Å²) in [6, 6.07) is 2.01.